The van der Waals surface area contributed by atoms with Crippen LogP contribution in [-0.4, -0.2) is 36.3 Å². The van der Waals surface area contributed by atoms with Gasteiger partial charge in [-0.15, -0.1) is 12.4 Å². The average Bonchev–Trinajstić information content (AvgIpc) is 2.65. The first-order chi connectivity index (χ1) is 12.2. The molecule has 1 N–H and O–H groups in total. The first kappa shape index (κ1) is 19.0. The van der Waals surface area contributed by atoms with Gasteiger partial charge in [0.2, 0.25) is 5.95 Å². The van der Waals surface area contributed by atoms with Crippen LogP contribution in [0.5, 0.6) is 0 Å². The van der Waals surface area contributed by atoms with E-state index < -0.39 is 0 Å². The maximum atomic E-state index is 6.09. The van der Waals surface area contributed by atoms with Gasteiger partial charge in [0.1, 0.15) is 5.82 Å². The average molecular weight is 412 g/mol. The zero-order valence-corrected chi connectivity index (χ0v) is 16.1. The third-order valence-electron chi connectivity index (χ3n) is 4.07. The van der Waals surface area contributed by atoms with Crippen LogP contribution >= 0.6 is 35.6 Å². The number of aromatic nitrogens is 2. The van der Waals surface area contributed by atoms with Crippen molar-refractivity contribution >= 4 is 64.0 Å². The van der Waals surface area contributed by atoms with Crippen molar-refractivity contribution in [3.05, 3.63) is 52.5 Å². The normalized spacial score (nSPS) is 14.2. The summed E-state index contributed by atoms with van der Waals surface area (Å²) < 4.78 is 5.46. The van der Waals surface area contributed by atoms with Crippen molar-refractivity contribution in [2.75, 3.05) is 36.5 Å². The predicted octanol–water partition coefficient (Wildman–Crippen LogP) is 4.94. The molecule has 3 aromatic rings. The molecule has 1 aromatic heterocycles. The Hall–Kier alpha value is -1.79. The van der Waals surface area contributed by atoms with E-state index >= 15 is 0 Å². The van der Waals surface area contributed by atoms with Gasteiger partial charge < -0.3 is 15.0 Å². The number of hydrogen-bond donors (Lipinski definition) is 1. The Kier molecular flexibility index (Phi) is 6.04. The molecule has 2 aromatic carbocycles. The third kappa shape index (κ3) is 3.96. The maximum absolute atomic E-state index is 6.09. The monoisotopic (exact) mass is 410 g/mol. The molecule has 5 nitrogen and oxygen atoms in total. The number of nitrogens with zero attached hydrogens (tertiary/aromatic N) is 3. The van der Waals surface area contributed by atoms with Crippen LogP contribution in [0.25, 0.3) is 10.9 Å². The highest BCUT2D eigenvalue weighted by molar-refractivity contribution is 6.42. The van der Waals surface area contributed by atoms with Crippen molar-refractivity contribution < 1.29 is 4.74 Å². The van der Waals surface area contributed by atoms with Gasteiger partial charge in [0, 0.05) is 24.2 Å². The Bertz CT molecular complexity index is 916. The van der Waals surface area contributed by atoms with E-state index in [9.17, 15) is 0 Å². The highest BCUT2D eigenvalue weighted by atomic mass is 35.5. The van der Waals surface area contributed by atoms with Gasteiger partial charge in [-0.05, 0) is 30.3 Å². The number of ether oxygens (including phenoxy) is 1. The number of halogens is 3. The van der Waals surface area contributed by atoms with Gasteiger partial charge in [-0.2, -0.15) is 4.98 Å². The Morgan fingerprint density at radius 3 is 2.50 bits per heavy atom. The lowest BCUT2D eigenvalue weighted by Crippen LogP contribution is -2.37. The molecule has 0 radical (unpaired) electrons. The number of benzene rings is 2. The molecule has 0 unspecified atom stereocenters. The molecule has 2 heterocycles. The molecule has 1 aliphatic rings. The summed E-state index contributed by atoms with van der Waals surface area (Å²) in [5, 5.41) is 5.25. The summed E-state index contributed by atoms with van der Waals surface area (Å²) in [6.07, 6.45) is 0. The number of morpholine rings is 1. The van der Waals surface area contributed by atoms with E-state index in [1.54, 1.807) is 12.1 Å². The van der Waals surface area contributed by atoms with Crippen molar-refractivity contribution in [3.63, 3.8) is 0 Å². The van der Waals surface area contributed by atoms with E-state index in [1.807, 2.05) is 30.3 Å². The molecule has 0 bridgehead atoms. The lowest BCUT2D eigenvalue weighted by Gasteiger charge is -2.29. The van der Waals surface area contributed by atoms with Gasteiger partial charge in [-0.25, -0.2) is 4.98 Å². The zero-order chi connectivity index (χ0) is 17.2. The molecule has 1 fully saturated rings. The van der Waals surface area contributed by atoms with E-state index in [0.29, 0.717) is 29.2 Å². The summed E-state index contributed by atoms with van der Waals surface area (Å²) in [7, 11) is 0. The van der Waals surface area contributed by atoms with Crippen LogP contribution in [0.2, 0.25) is 10.0 Å². The van der Waals surface area contributed by atoms with Gasteiger partial charge >= 0.3 is 0 Å². The van der Waals surface area contributed by atoms with Crippen LogP contribution in [0.3, 0.4) is 0 Å². The van der Waals surface area contributed by atoms with E-state index in [0.717, 1.165) is 35.5 Å². The Balaban J connectivity index is 0.00000196. The second kappa shape index (κ2) is 8.27. The smallest absolute Gasteiger partial charge is 0.229 e. The van der Waals surface area contributed by atoms with Crippen LogP contribution in [0, 0.1) is 0 Å². The van der Waals surface area contributed by atoms with Crippen LogP contribution in [0.15, 0.2) is 42.5 Å². The van der Waals surface area contributed by atoms with Crippen molar-refractivity contribution in [1.82, 2.24) is 9.97 Å². The topological polar surface area (TPSA) is 50.3 Å². The van der Waals surface area contributed by atoms with Crippen LogP contribution in [-0.2, 0) is 4.74 Å². The zero-order valence-electron chi connectivity index (χ0n) is 13.8. The number of anilines is 3. The second-order valence-electron chi connectivity index (χ2n) is 5.74. The van der Waals surface area contributed by atoms with Crippen LogP contribution in [0.1, 0.15) is 0 Å². The summed E-state index contributed by atoms with van der Waals surface area (Å²) >= 11 is 12.1. The Morgan fingerprint density at radius 1 is 0.962 bits per heavy atom. The van der Waals surface area contributed by atoms with Crippen LogP contribution < -0.4 is 10.2 Å². The maximum Gasteiger partial charge on any atom is 0.229 e. The molecule has 1 aliphatic heterocycles. The second-order valence-corrected chi connectivity index (χ2v) is 6.56. The molecular formula is C18H17Cl3N4O. The molecular weight excluding hydrogens is 395 g/mol. The van der Waals surface area contributed by atoms with Gasteiger partial charge in [0.15, 0.2) is 0 Å². The molecule has 0 saturated carbocycles. The predicted molar refractivity (Wildman–Crippen MR) is 110 cm³/mol. The van der Waals surface area contributed by atoms with Gasteiger partial charge in [0.25, 0.3) is 0 Å². The molecule has 4 rings (SSSR count). The van der Waals surface area contributed by atoms with Crippen molar-refractivity contribution in [2.45, 2.75) is 0 Å². The molecule has 136 valence electrons. The van der Waals surface area contributed by atoms with Gasteiger partial charge in [-0.1, -0.05) is 35.3 Å². The number of rotatable bonds is 3. The minimum Gasteiger partial charge on any atom is -0.378 e. The van der Waals surface area contributed by atoms with Crippen LogP contribution in [0.4, 0.5) is 17.5 Å². The molecule has 0 aliphatic carbocycles. The summed E-state index contributed by atoms with van der Waals surface area (Å²) in [6, 6.07) is 13.4. The fourth-order valence-electron chi connectivity index (χ4n) is 2.83. The van der Waals surface area contributed by atoms with E-state index in [1.165, 1.54) is 0 Å². The highest BCUT2D eigenvalue weighted by Gasteiger charge is 2.17. The molecule has 0 spiro atoms. The summed E-state index contributed by atoms with van der Waals surface area (Å²) in [5.41, 5.74) is 1.68. The first-order valence-corrected chi connectivity index (χ1v) is 8.78. The number of hydrogen-bond acceptors (Lipinski definition) is 5. The van der Waals surface area contributed by atoms with E-state index in [2.05, 4.69) is 15.2 Å². The molecule has 26 heavy (non-hydrogen) atoms. The number of fused-ring (bicyclic) bond motifs is 1. The van der Waals surface area contributed by atoms with Gasteiger partial charge in [-0.3, -0.25) is 0 Å². The molecule has 8 heteroatoms. The molecule has 1 saturated heterocycles. The lowest BCUT2D eigenvalue weighted by atomic mass is 10.2. The van der Waals surface area contributed by atoms with E-state index in [4.69, 9.17) is 32.9 Å². The fourth-order valence-corrected chi connectivity index (χ4v) is 3.13. The minimum absolute atomic E-state index is 0. The quantitative estimate of drug-likeness (QED) is 0.661. The summed E-state index contributed by atoms with van der Waals surface area (Å²) in [5.74, 6) is 1.44. The number of nitrogens with one attached hydrogen (secondary N) is 1. The summed E-state index contributed by atoms with van der Waals surface area (Å²) in [4.78, 5) is 11.6. The number of para-hydroxylation sites is 1. The van der Waals surface area contributed by atoms with Crippen molar-refractivity contribution in [2.24, 2.45) is 0 Å². The highest BCUT2D eigenvalue weighted by Crippen LogP contribution is 2.29. The Morgan fingerprint density at radius 2 is 1.73 bits per heavy atom. The summed E-state index contributed by atoms with van der Waals surface area (Å²) in [6.45, 7) is 3.03. The fraction of sp³-hybridized carbons (Fsp3) is 0.222. The lowest BCUT2D eigenvalue weighted by molar-refractivity contribution is 0.122. The SMILES string of the molecule is Cl.Clc1ccc(Nc2nc(N3CCOCC3)c3ccccc3n2)cc1Cl. The van der Waals surface area contributed by atoms with Crippen molar-refractivity contribution in [1.29, 1.82) is 0 Å². The van der Waals surface area contributed by atoms with E-state index in [-0.39, 0.29) is 12.4 Å². The van der Waals surface area contributed by atoms with Crippen molar-refractivity contribution in [3.8, 4) is 0 Å². The Labute approximate surface area is 167 Å². The van der Waals surface area contributed by atoms with Gasteiger partial charge in [0.05, 0.1) is 28.8 Å². The standard InChI is InChI=1S/C18H16Cl2N4O.ClH/c19-14-6-5-12(11-15(14)20)21-18-22-16-4-2-1-3-13(16)17(23-18)24-7-9-25-10-8-24;/h1-6,11H,7-10H2,(H,21,22,23);1H. The minimum atomic E-state index is 0. The molecule has 0 amide bonds. The molecule has 0 atom stereocenters. The largest absolute Gasteiger partial charge is 0.378 e. The third-order valence-corrected chi connectivity index (χ3v) is 4.81. The first-order valence-electron chi connectivity index (χ1n) is 8.02.